The van der Waals surface area contributed by atoms with Gasteiger partial charge in [-0.05, 0) is 44.5 Å². The van der Waals surface area contributed by atoms with E-state index in [2.05, 4.69) is 10.6 Å². The number of nitrogens with one attached hydrogen (secondary N) is 2. The van der Waals surface area contributed by atoms with E-state index in [0.717, 1.165) is 0 Å². The Morgan fingerprint density at radius 1 is 1.24 bits per heavy atom. The second-order valence-corrected chi connectivity index (χ2v) is 4.92. The second kappa shape index (κ2) is 7.52. The summed E-state index contributed by atoms with van der Waals surface area (Å²) in [7, 11) is 0. The van der Waals surface area contributed by atoms with Gasteiger partial charge < -0.3 is 20.5 Å². The zero-order chi connectivity index (χ0) is 15.9. The number of carbonyl (C=O) groups is 2. The van der Waals surface area contributed by atoms with Gasteiger partial charge in [0.15, 0.2) is 0 Å². The number of carboxylic acid groups (broad SMARTS) is 1. The van der Waals surface area contributed by atoms with Crippen LogP contribution in [0.1, 0.15) is 33.6 Å². The first-order valence-corrected chi connectivity index (χ1v) is 6.96. The van der Waals surface area contributed by atoms with Gasteiger partial charge in [-0.15, -0.1) is 0 Å². The first-order chi connectivity index (χ1) is 9.91. The number of aliphatic carboxylic acids is 1. The lowest BCUT2D eigenvalue weighted by atomic mass is 9.97. The Kier molecular flexibility index (Phi) is 6.02. The summed E-state index contributed by atoms with van der Waals surface area (Å²) in [5.41, 5.74) is -0.704. The van der Waals surface area contributed by atoms with Gasteiger partial charge in [0.2, 0.25) is 0 Å². The number of urea groups is 1. The summed E-state index contributed by atoms with van der Waals surface area (Å²) < 4.78 is 5.30. The molecule has 6 heteroatoms. The van der Waals surface area contributed by atoms with Crippen molar-refractivity contribution in [3.63, 3.8) is 0 Å². The molecule has 0 saturated heterocycles. The van der Waals surface area contributed by atoms with Gasteiger partial charge >= 0.3 is 12.0 Å². The van der Waals surface area contributed by atoms with Crippen LogP contribution in [0.15, 0.2) is 24.3 Å². The predicted octanol–water partition coefficient (Wildman–Crippen LogP) is 2.85. The van der Waals surface area contributed by atoms with E-state index in [1.54, 1.807) is 24.3 Å². The van der Waals surface area contributed by atoms with Crippen molar-refractivity contribution in [2.24, 2.45) is 0 Å². The quantitative estimate of drug-likeness (QED) is 0.721. The highest BCUT2D eigenvalue weighted by Crippen LogP contribution is 2.17. The number of carboxylic acids is 1. The zero-order valence-electron chi connectivity index (χ0n) is 12.6. The van der Waals surface area contributed by atoms with Crippen molar-refractivity contribution < 1.29 is 19.4 Å². The van der Waals surface area contributed by atoms with E-state index in [4.69, 9.17) is 4.74 Å². The van der Waals surface area contributed by atoms with Crippen molar-refractivity contribution in [3.05, 3.63) is 24.3 Å². The summed E-state index contributed by atoms with van der Waals surface area (Å²) >= 11 is 0. The van der Waals surface area contributed by atoms with Crippen LogP contribution >= 0.6 is 0 Å². The van der Waals surface area contributed by atoms with Crippen LogP contribution in [0.2, 0.25) is 0 Å². The van der Waals surface area contributed by atoms with Crippen molar-refractivity contribution in [1.29, 1.82) is 0 Å². The maximum Gasteiger partial charge on any atom is 0.329 e. The number of benzene rings is 1. The van der Waals surface area contributed by atoms with Gasteiger partial charge in [0.1, 0.15) is 11.3 Å². The topological polar surface area (TPSA) is 87.7 Å². The molecule has 0 saturated carbocycles. The van der Waals surface area contributed by atoms with Crippen LogP contribution in [-0.4, -0.2) is 29.3 Å². The molecule has 2 amide bonds. The highest BCUT2D eigenvalue weighted by Gasteiger charge is 2.33. The van der Waals surface area contributed by atoms with Crippen molar-refractivity contribution in [2.45, 2.75) is 39.2 Å². The van der Waals surface area contributed by atoms with E-state index in [0.29, 0.717) is 30.9 Å². The molecule has 1 aromatic rings. The fourth-order valence-electron chi connectivity index (χ4n) is 1.94. The largest absolute Gasteiger partial charge is 0.494 e. The third kappa shape index (κ3) is 4.98. The molecule has 0 aromatic heterocycles. The van der Waals surface area contributed by atoms with Crippen LogP contribution in [-0.2, 0) is 4.79 Å². The number of carbonyl (C=O) groups excluding carboxylic acids is 1. The SMILES string of the molecule is CCCC(C)(NC(=O)Nc1ccc(OCC)cc1)C(=O)O. The predicted molar refractivity (Wildman–Crippen MR) is 80.7 cm³/mol. The molecule has 6 nitrogen and oxygen atoms in total. The first kappa shape index (κ1) is 16.8. The molecular weight excluding hydrogens is 272 g/mol. The van der Waals surface area contributed by atoms with Crippen LogP contribution in [0.5, 0.6) is 5.75 Å². The lowest BCUT2D eigenvalue weighted by molar-refractivity contribution is -0.143. The van der Waals surface area contributed by atoms with Crippen molar-refractivity contribution in [1.82, 2.24) is 5.32 Å². The number of ether oxygens (including phenoxy) is 1. The van der Waals surface area contributed by atoms with Gasteiger partial charge in [0.05, 0.1) is 6.61 Å². The van der Waals surface area contributed by atoms with E-state index < -0.39 is 17.5 Å². The summed E-state index contributed by atoms with van der Waals surface area (Å²) in [6, 6.07) is 6.33. The highest BCUT2D eigenvalue weighted by atomic mass is 16.5. The molecule has 0 fully saturated rings. The molecule has 1 unspecified atom stereocenters. The minimum Gasteiger partial charge on any atom is -0.494 e. The van der Waals surface area contributed by atoms with E-state index >= 15 is 0 Å². The number of anilines is 1. The molecule has 0 aliphatic carbocycles. The Labute approximate surface area is 124 Å². The van der Waals surface area contributed by atoms with Gasteiger partial charge in [-0.3, -0.25) is 0 Å². The van der Waals surface area contributed by atoms with Crippen LogP contribution in [0.25, 0.3) is 0 Å². The smallest absolute Gasteiger partial charge is 0.329 e. The third-order valence-corrected chi connectivity index (χ3v) is 3.03. The van der Waals surface area contributed by atoms with Crippen molar-refractivity contribution in [2.75, 3.05) is 11.9 Å². The third-order valence-electron chi connectivity index (χ3n) is 3.03. The highest BCUT2D eigenvalue weighted by molar-refractivity contribution is 5.93. The standard InChI is InChI=1S/C15H22N2O4/c1-4-10-15(3,13(18)19)17-14(20)16-11-6-8-12(9-7-11)21-5-2/h6-9H,4-5,10H2,1-3H3,(H,18,19)(H2,16,17,20). The molecule has 1 atom stereocenters. The molecule has 116 valence electrons. The van der Waals surface area contributed by atoms with Crippen LogP contribution in [0.4, 0.5) is 10.5 Å². The van der Waals surface area contributed by atoms with E-state index in [1.807, 2.05) is 13.8 Å². The molecule has 1 aromatic carbocycles. The van der Waals surface area contributed by atoms with Gasteiger partial charge in [0, 0.05) is 5.69 Å². The van der Waals surface area contributed by atoms with E-state index in [1.165, 1.54) is 6.92 Å². The number of amides is 2. The Bertz CT molecular complexity index is 487. The normalized spacial score (nSPS) is 13.1. The number of hydrogen-bond acceptors (Lipinski definition) is 3. The average molecular weight is 294 g/mol. The van der Waals surface area contributed by atoms with Gasteiger partial charge in [-0.2, -0.15) is 0 Å². The fourth-order valence-corrected chi connectivity index (χ4v) is 1.94. The monoisotopic (exact) mass is 294 g/mol. The molecule has 0 bridgehead atoms. The fraction of sp³-hybridized carbons (Fsp3) is 0.467. The molecule has 0 spiro atoms. The van der Waals surface area contributed by atoms with Crippen LogP contribution in [0, 0.1) is 0 Å². The maximum absolute atomic E-state index is 11.9. The summed E-state index contributed by atoms with van der Waals surface area (Å²) in [4.78, 5) is 23.2. The maximum atomic E-state index is 11.9. The Morgan fingerprint density at radius 3 is 2.33 bits per heavy atom. The minimum absolute atomic E-state index is 0.360. The summed E-state index contributed by atoms with van der Waals surface area (Å²) in [5, 5.41) is 14.3. The summed E-state index contributed by atoms with van der Waals surface area (Å²) in [6.07, 6.45) is 1.02. The molecule has 21 heavy (non-hydrogen) atoms. The number of hydrogen-bond donors (Lipinski definition) is 3. The van der Waals surface area contributed by atoms with Gasteiger partial charge in [0.25, 0.3) is 0 Å². The van der Waals surface area contributed by atoms with Crippen LogP contribution in [0.3, 0.4) is 0 Å². The summed E-state index contributed by atoms with van der Waals surface area (Å²) in [6.45, 7) is 5.82. The molecule has 0 aliphatic rings. The Balaban J connectivity index is 2.65. The minimum atomic E-state index is -1.27. The Hall–Kier alpha value is -2.24. The lowest BCUT2D eigenvalue weighted by Crippen LogP contribution is -2.53. The molecule has 0 aliphatic heterocycles. The van der Waals surface area contributed by atoms with E-state index in [-0.39, 0.29) is 0 Å². The van der Waals surface area contributed by atoms with Crippen molar-refractivity contribution >= 4 is 17.7 Å². The van der Waals surface area contributed by atoms with Gasteiger partial charge in [-0.1, -0.05) is 13.3 Å². The van der Waals surface area contributed by atoms with Gasteiger partial charge in [-0.25, -0.2) is 9.59 Å². The first-order valence-electron chi connectivity index (χ1n) is 6.96. The molecular formula is C15H22N2O4. The second-order valence-electron chi connectivity index (χ2n) is 4.92. The molecule has 0 heterocycles. The zero-order valence-corrected chi connectivity index (χ0v) is 12.6. The van der Waals surface area contributed by atoms with E-state index in [9.17, 15) is 14.7 Å². The Morgan fingerprint density at radius 2 is 1.86 bits per heavy atom. The van der Waals surface area contributed by atoms with Crippen LogP contribution < -0.4 is 15.4 Å². The molecule has 1 rings (SSSR count). The average Bonchev–Trinajstić information content (AvgIpc) is 2.41. The lowest BCUT2D eigenvalue weighted by Gasteiger charge is -2.25. The molecule has 3 N–H and O–H groups in total. The number of rotatable bonds is 7. The summed E-state index contributed by atoms with van der Waals surface area (Å²) in [5.74, 6) is -0.337. The van der Waals surface area contributed by atoms with Crippen molar-refractivity contribution in [3.8, 4) is 5.75 Å². The molecule has 0 radical (unpaired) electrons.